The Morgan fingerprint density at radius 1 is 1.21 bits per heavy atom. The van der Waals surface area contributed by atoms with Crippen LogP contribution in [0.15, 0.2) is 0 Å². The molecule has 0 amide bonds. The van der Waals surface area contributed by atoms with Crippen molar-refractivity contribution in [3.63, 3.8) is 0 Å². The van der Waals surface area contributed by atoms with E-state index in [-0.39, 0.29) is 12.1 Å². The Labute approximate surface area is 118 Å². The highest BCUT2D eigenvalue weighted by Gasteiger charge is 2.34. The maximum absolute atomic E-state index is 9.71. The van der Waals surface area contributed by atoms with E-state index in [9.17, 15) is 5.11 Å². The predicted octanol–water partition coefficient (Wildman–Crippen LogP) is 2.25. The van der Waals surface area contributed by atoms with Crippen molar-refractivity contribution in [3.8, 4) is 0 Å². The van der Waals surface area contributed by atoms with Crippen LogP contribution in [0.4, 0.5) is 0 Å². The lowest BCUT2D eigenvalue weighted by molar-refractivity contribution is 0.119. The molecule has 2 fully saturated rings. The lowest BCUT2D eigenvalue weighted by Gasteiger charge is -2.35. The van der Waals surface area contributed by atoms with Gasteiger partial charge in [-0.25, -0.2) is 0 Å². The van der Waals surface area contributed by atoms with Crippen molar-refractivity contribution in [1.29, 1.82) is 0 Å². The number of aliphatic hydroxyl groups is 1. The number of nitrogens with one attached hydrogen (secondary N) is 1. The fourth-order valence-corrected chi connectivity index (χ4v) is 3.36. The molecule has 112 valence electrons. The van der Waals surface area contributed by atoms with E-state index < -0.39 is 0 Å². The van der Waals surface area contributed by atoms with Gasteiger partial charge in [-0.3, -0.25) is 0 Å². The number of hydrogen-bond acceptors (Lipinski definition) is 3. The third-order valence-corrected chi connectivity index (χ3v) is 4.86. The summed E-state index contributed by atoms with van der Waals surface area (Å²) in [6.45, 7) is 10.5. The average Bonchev–Trinajstić information content (AvgIpc) is 3.16. The standard InChI is InChI=1S/C16H32N2O/c1-13(2)14-5-4-9-18(10-8-14)11-16(3,12-19)17-15-6-7-15/h13-15,17,19H,4-12H2,1-3H3. The van der Waals surface area contributed by atoms with Crippen molar-refractivity contribution in [2.75, 3.05) is 26.2 Å². The van der Waals surface area contributed by atoms with E-state index in [1.54, 1.807) is 0 Å². The van der Waals surface area contributed by atoms with Gasteiger partial charge in [0.2, 0.25) is 0 Å². The van der Waals surface area contributed by atoms with Crippen LogP contribution in [0.1, 0.15) is 52.9 Å². The minimum Gasteiger partial charge on any atom is -0.394 e. The largest absolute Gasteiger partial charge is 0.394 e. The second kappa shape index (κ2) is 6.55. The van der Waals surface area contributed by atoms with Gasteiger partial charge in [-0.1, -0.05) is 13.8 Å². The first-order valence-electron chi connectivity index (χ1n) is 8.13. The molecule has 0 aromatic rings. The SMILES string of the molecule is CC(C)C1CCCN(CC(C)(CO)NC2CC2)CC1. The zero-order valence-corrected chi connectivity index (χ0v) is 13.0. The Kier molecular flexibility index (Phi) is 5.27. The molecule has 0 bridgehead atoms. The van der Waals surface area contributed by atoms with E-state index in [2.05, 4.69) is 31.0 Å². The summed E-state index contributed by atoms with van der Waals surface area (Å²) in [5.41, 5.74) is -0.112. The molecule has 0 spiro atoms. The zero-order valence-electron chi connectivity index (χ0n) is 13.0. The average molecular weight is 268 g/mol. The van der Waals surface area contributed by atoms with Gasteiger partial charge in [0.05, 0.1) is 12.1 Å². The molecule has 2 N–H and O–H groups in total. The van der Waals surface area contributed by atoms with Crippen LogP contribution in [0, 0.1) is 11.8 Å². The van der Waals surface area contributed by atoms with Crippen molar-refractivity contribution >= 4 is 0 Å². The summed E-state index contributed by atoms with van der Waals surface area (Å²) in [7, 11) is 0. The minimum absolute atomic E-state index is 0.112. The molecule has 1 aliphatic heterocycles. The Morgan fingerprint density at radius 3 is 2.53 bits per heavy atom. The topological polar surface area (TPSA) is 35.5 Å². The quantitative estimate of drug-likeness (QED) is 0.775. The Bertz CT molecular complexity index is 278. The molecular formula is C16H32N2O. The third kappa shape index (κ3) is 4.73. The molecule has 19 heavy (non-hydrogen) atoms. The van der Waals surface area contributed by atoms with Gasteiger partial charge in [0, 0.05) is 12.6 Å². The van der Waals surface area contributed by atoms with Gasteiger partial charge in [-0.15, -0.1) is 0 Å². The molecule has 2 aliphatic rings. The molecule has 2 rings (SSSR count). The highest BCUT2D eigenvalue weighted by molar-refractivity contribution is 4.94. The van der Waals surface area contributed by atoms with E-state index in [1.807, 2.05) is 0 Å². The maximum Gasteiger partial charge on any atom is 0.0623 e. The number of hydrogen-bond donors (Lipinski definition) is 2. The van der Waals surface area contributed by atoms with E-state index in [1.165, 1.54) is 45.2 Å². The molecule has 1 saturated heterocycles. The summed E-state index contributed by atoms with van der Waals surface area (Å²) in [6, 6.07) is 0.660. The number of aliphatic hydroxyl groups excluding tert-OH is 1. The maximum atomic E-state index is 9.71. The van der Waals surface area contributed by atoms with Crippen LogP contribution in [0.25, 0.3) is 0 Å². The smallest absolute Gasteiger partial charge is 0.0623 e. The van der Waals surface area contributed by atoms with Crippen molar-refractivity contribution in [2.24, 2.45) is 11.8 Å². The molecule has 0 radical (unpaired) electrons. The molecule has 2 unspecified atom stereocenters. The first-order chi connectivity index (χ1) is 9.02. The number of likely N-dealkylation sites (tertiary alicyclic amines) is 1. The molecule has 2 atom stereocenters. The fourth-order valence-electron chi connectivity index (χ4n) is 3.36. The van der Waals surface area contributed by atoms with E-state index in [4.69, 9.17) is 0 Å². The summed E-state index contributed by atoms with van der Waals surface area (Å²) in [5.74, 6) is 1.70. The van der Waals surface area contributed by atoms with Gasteiger partial charge in [-0.05, 0) is 64.0 Å². The molecule has 1 saturated carbocycles. The van der Waals surface area contributed by atoms with Gasteiger partial charge in [0.25, 0.3) is 0 Å². The molecule has 3 heteroatoms. The van der Waals surface area contributed by atoms with Crippen LogP contribution in [0.3, 0.4) is 0 Å². The monoisotopic (exact) mass is 268 g/mol. The normalized spacial score (nSPS) is 29.2. The van der Waals surface area contributed by atoms with Crippen molar-refractivity contribution in [2.45, 2.75) is 64.5 Å². The van der Waals surface area contributed by atoms with Crippen molar-refractivity contribution in [1.82, 2.24) is 10.2 Å². The van der Waals surface area contributed by atoms with Gasteiger partial charge in [0.1, 0.15) is 0 Å². The third-order valence-electron chi connectivity index (χ3n) is 4.86. The highest BCUT2D eigenvalue weighted by atomic mass is 16.3. The van der Waals surface area contributed by atoms with E-state index >= 15 is 0 Å². The Hall–Kier alpha value is -0.120. The summed E-state index contributed by atoms with van der Waals surface area (Å²) in [5, 5.41) is 13.3. The first kappa shape index (κ1) is 15.3. The molecule has 1 heterocycles. The van der Waals surface area contributed by atoms with Crippen LogP contribution in [0.2, 0.25) is 0 Å². The highest BCUT2D eigenvalue weighted by Crippen LogP contribution is 2.26. The van der Waals surface area contributed by atoms with Crippen LogP contribution in [0.5, 0.6) is 0 Å². The van der Waals surface area contributed by atoms with Crippen molar-refractivity contribution in [3.05, 3.63) is 0 Å². The number of nitrogens with zero attached hydrogens (tertiary/aromatic N) is 1. The zero-order chi connectivity index (χ0) is 13.9. The first-order valence-corrected chi connectivity index (χ1v) is 8.13. The van der Waals surface area contributed by atoms with Crippen molar-refractivity contribution < 1.29 is 5.11 Å². The van der Waals surface area contributed by atoms with Crippen LogP contribution >= 0.6 is 0 Å². The Balaban J connectivity index is 1.83. The molecule has 0 aromatic carbocycles. The van der Waals surface area contributed by atoms with Gasteiger partial charge < -0.3 is 15.3 Å². The van der Waals surface area contributed by atoms with E-state index in [0.29, 0.717) is 6.04 Å². The fraction of sp³-hybridized carbons (Fsp3) is 1.00. The molecule has 0 aromatic heterocycles. The molecule has 3 nitrogen and oxygen atoms in total. The second-order valence-corrected chi connectivity index (χ2v) is 7.35. The van der Waals surface area contributed by atoms with Gasteiger partial charge in [-0.2, -0.15) is 0 Å². The lowest BCUT2D eigenvalue weighted by Crippen LogP contribution is -2.55. The van der Waals surface area contributed by atoms with Crippen LogP contribution in [-0.4, -0.2) is 47.8 Å². The second-order valence-electron chi connectivity index (χ2n) is 7.35. The number of rotatable bonds is 6. The summed E-state index contributed by atoms with van der Waals surface area (Å²) < 4.78 is 0. The summed E-state index contributed by atoms with van der Waals surface area (Å²) >= 11 is 0. The Morgan fingerprint density at radius 2 is 1.95 bits per heavy atom. The van der Waals surface area contributed by atoms with Crippen LogP contribution < -0.4 is 5.32 Å². The summed E-state index contributed by atoms with van der Waals surface area (Å²) in [4.78, 5) is 2.56. The molecule has 1 aliphatic carbocycles. The minimum atomic E-state index is -0.112. The summed E-state index contributed by atoms with van der Waals surface area (Å²) in [6.07, 6.45) is 6.58. The lowest BCUT2D eigenvalue weighted by atomic mass is 9.89. The predicted molar refractivity (Wildman–Crippen MR) is 80.3 cm³/mol. The van der Waals surface area contributed by atoms with Gasteiger partial charge in [0.15, 0.2) is 0 Å². The van der Waals surface area contributed by atoms with Crippen LogP contribution in [-0.2, 0) is 0 Å². The molecular weight excluding hydrogens is 236 g/mol. The van der Waals surface area contributed by atoms with E-state index in [0.717, 1.165) is 18.4 Å². The van der Waals surface area contributed by atoms with Gasteiger partial charge >= 0.3 is 0 Å².